The standard InChI is InChI=1S/C19H20N4O2/c1-19(2,25)13-8-4-3-7-12(13)11-21-18(24)16-17(20)23-15-10-6-5-9-14(15)22-16/h3-10,25H,11H2,1-2H3,(H2,20,23)(H,21,24). The van der Waals surface area contributed by atoms with Crippen LogP contribution in [-0.2, 0) is 12.1 Å². The number of hydrogen-bond acceptors (Lipinski definition) is 5. The number of para-hydroxylation sites is 2. The molecule has 0 aliphatic carbocycles. The van der Waals surface area contributed by atoms with Crippen LogP contribution in [0, 0.1) is 0 Å². The molecule has 0 spiro atoms. The van der Waals surface area contributed by atoms with Gasteiger partial charge in [-0.15, -0.1) is 0 Å². The lowest BCUT2D eigenvalue weighted by Gasteiger charge is -2.21. The van der Waals surface area contributed by atoms with Crippen LogP contribution in [-0.4, -0.2) is 21.0 Å². The minimum absolute atomic E-state index is 0.0898. The van der Waals surface area contributed by atoms with Crippen LogP contribution >= 0.6 is 0 Å². The molecule has 0 fully saturated rings. The molecule has 0 unspecified atom stereocenters. The van der Waals surface area contributed by atoms with Crippen molar-refractivity contribution in [2.45, 2.75) is 26.0 Å². The van der Waals surface area contributed by atoms with E-state index in [1.807, 2.05) is 36.4 Å². The molecular weight excluding hydrogens is 316 g/mol. The first-order valence-electron chi connectivity index (χ1n) is 7.97. The highest BCUT2D eigenvalue weighted by Gasteiger charge is 2.20. The molecule has 0 saturated carbocycles. The van der Waals surface area contributed by atoms with Gasteiger partial charge in [0.2, 0.25) is 0 Å². The van der Waals surface area contributed by atoms with Gasteiger partial charge in [0.25, 0.3) is 5.91 Å². The summed E-state index contributed by atoms with van der Waals surface area (Å²) in [6.07, 6.45) is 0. The summed E-state index contributed by atoms with van der Waals surface area (Å²) in [6.45, 7) is 3.67. The smallest absolute Gasteiger partial charge is 0.274 e. The molecule has 2 aromatic carbocycles. The average Bonchev–Trinajstić information content (AvgIpc) is 2.58. The number of benzene rings is 2. The van der Waals surface area contributed by atoms with Crippen molar-refractivity contribution in [3.05, 3.63) is 65.4 Å². The minimum atomic E-state index is -0.997. The number of hydrogen-bond donors (Lipinski definition) is 3. The molecule has 128 valence electrons. The van der Waals surface area contributed by atoms with E-state index in [9.17, 15) is 9.90 Å². The van der Waals surface area contributed by atoms with Crippen LogP contribution in [0.3, 0.4) is 0 Å². The number of amides is 1. The maximum absolute atomic E-state index is 12.5. The molecular formula is C19H20N4O2. The highest BCUT2D eigenvalue weighted by Crippen LogP contribution is 2.23. The molecule has 0 radical (unpaired) electrons. The molecule has 1 amide bonds. The normalized spacial score (nSPS) is 11.5. The zero-order valence-electron chi connectivity index (χ0n) is 14.2. The molecule has 4 N–H and O–H groups in total. The summed E-state index contributed by atoms with van der Waals surface area (Å²) >= 11 is 0. The predicted octanol–water partition coefficient (Wildman–Crippen LogP) is 2.37. The Morgan fingerprint density at radius 2 is 1.68 bits per heavy atom. The molecule has 0 saturated heterocycles. The van der Waals surface area contributed by atoms with Crippen LogP contribution in [0.1, 0.15) is 35.5 Å². The number of carbonyl (C=O) groups is 1. The fourth-order valence-electron chi connectivity index (χ4n) is 2.71. The third kappa shape index (κ3) is 3.59. The Hall–Kier alpha value is -2.99. The Morgan fingerprint density at radius 1 is 1.08 bits per heavy atom. The number of aliphatic hydroxyl groups is 1. The van der Waals surface area contributed by atoms with E-state index in [1.54, 1.807) is 26.0 Å². The highest BCUT2D eigenvalue weighted by atomic mass is 16.3. The maximum Gasteiger partial charge on any atom is 0.274 e. The van der Waals surface area contributed by atoms with Gasteiger partial charge >= 0.3 is 0 Å². The van der Waals surface area contributed by atoms with Gasteiger partial charge in [-0.05, 0) is 37.1 Å². The molecule has 0 atom stereocenters. The maximum atomic E-state index is 12.5. The average molecular weight is 336 g/mol. The summed E-state index contributed by atoms with van der Waals surface area (Å²) in [7, 11) is 0. The van der Waals surface area contributed by atoms with Crippen LogP contribution in [0.2, 0.25) is 0 Å². The second-order valence-electron chi connectivity index (χ2n) is 6.35. The van der Waals surface area contributed by atoms with E-state index in [0.717, 1.165) is 11.1 Å². The van der Waals surface area contributed by atoms with E-state index in [2.05, 4.69) is 15.3 Å². The van der Waals surface area contributed by atoms with E-state index in [1.165, 1.54) is 0 Å². The number of rotatable bonds is 4. The molecule has 6 heteroatoms. The monoisotopic (exact) mass is 336 g/mol. The van der Waals surface area contributed by atoms with Crippen molar-refractivity contribution in [3.63, 3.8) is 0 Å². The number of fused-ring (bicyclic) bond motifs is 1. The van der Waals surface area contributed by atoms with Crippen molar-refractivity contribution in [2.24, 2.45) is 0 Å². The van der Waals surface area contributed by atoms with Gasteiger partial charge in [-0.1, -0.05) is 36.4 Å². The number of carbonyl (C=O) groups excluding carboxylic acids is 1. The predicted molar refractivity (Wildman–Crippen MR) is 96.8 cm³/mol. The van der Waals surface area contributed by atoms with Crippen LogP contribution in [0.25, 0.3) is 11.0 Å². The topological polar surface area (TPSA) is 101 Å². The second kappa shape index (κ2) is 6.49. The van der Waals surface area contributed by atoms with Crippen molar-refractivity contribution in [1.82, 2.24) is 15.3 Å². The van der Waals surface area contributed by atoms with Crippen molar-refractivity contribution in [3.8, 4) is 0 Å². The van der Waals surface area contributed by atoms with Gasteiger partial charge in [-0.3, -0.25) is 4.79 Å². The molecule has 0 aliphatic rings. The quantitative estimate of drug-likeness (QED) is 0.679. The van der Waals surface area contributed by atoms with Gasteiger partial charge in [0.1, 0.15) is 0 Å². The minimum Gasteiger partial charge on any atom is -0.386 e. The van der Waals surface area contributed by atoms with E-state index in [-0.39, 0.29) is 18.1 Å². The molecule has 25 heavy (non-hydrogen) atoms. The summed E-state index contributed by atoms with van der Waals surface area (Å²) in [4.78, 5) is 21.0. The summed E-state index contributed by atoms with van der Waals surface area (Å²) in [5.41, 5.74) is 7.82. The molecule has 3 rings (SSSR count). The zero-order chi connectivity index (χ0) is 18.0. The zero-order valence-corrected chi connectivity index (χ0v) is 14.2. The fourth-order valence-corrected chi connectivity index (χ4v) is 2.71. The van der Waals surface area contributed by atoms with Crippen LogP contribution < -0.4 is 11.1 Å². The molecule has 0 bridgehead atoms. The number of nitrogen functional groups attached to an aromatic ring is 1. The number of anilines is 1. The van der Waals surface area contributed by atoms with Crippen molar-refractivity contribution in [2.75, 3.05) is 5.73 Å². The lowest BCUT2D eigenvalue weighted by Crippen LogP contribution is -2.27. The van der Waals surface area contributed by atoms with Gasteiger partial charge in [0.15, 0.2) is 11.5 Å². The van der Waals surface area contributed by atoms with E-state index in [4.69, 9.17) is 5.73 Å². The van der Waals surface area contributed by atoms with E-state index >= 15 is 0 Å². The molecule has 3 aromatic rings. The molecule has 6 nitrogen and oxygen atoms in total. The SMILES string of the molecule is CC(C)(O)c1ccccc1CNC(=O)c1nc2ccccc2nc1N. The van der Waals surface area contributed by atoms with Gasteiger partial charge in [0.05, 0.1) is 16.6 Å². The molecule has 1 heterocycles. The number of nitrogens with two attached hydrogens (primary N) is 1. The van der Waals surface area contributed by atoms with Crippen molar-refractivity contribution in [1.29, 1.82) is 0 Å². The Labute approximate surface area is 145 Å². The van der Waals surface area contributed by atoms with Crippen LogP contribution in [0.5, 0.6) is 0 Å². The van der Waals surface area contributed by atoms with E-state index in [0.29, 0.717) is 11.0 Å². The van der Waals surface area contributed by atoms with Gasteiger partial charge in [-0.25, -0.2) is 9.97 Å². The van der Waals surface area contributed by atoms with Gasteiger partial charge < -0.3 is 16.2 Å². The Bertz CT molecular complexity index is 932. The van der Waals surface area contributed by atoms with E-state index < -0.39 is 11.5 Å². The van der Waals surface area contributed by atoms with Gasteiger partial charge in [-0.2, -0.15) is 0 Å². The Kier molecular flexibility index (Phi) is 4.37. The Morgan fingerprint density at radius 3 is 2.36 bits per heavy atom. The number of aromatic nitrogens is 2. The third-order valence-electron chi connectivity index (χ3n) is 3.93. The van der Waals surface area contributed by atoms with Gasteiger partial charge in [0, 0.05) is 6.54 Å². The first kappa shape index (κ1) is 16.9. The van der Waals surface area contributed by atoms with Crippen molar-refractivity contribution < 1.29 is 9.90 Å². The third-order valence-corrected chi connectivity index (χ3v) is 3.93. The summed E-state index contributed by atoms with van der Waals surface area (Å²) in [5.74, 6) is -0.312. The van der Waals surface area contributed by atoms with Crippen LogP contribution in [0.15, 0.2) is 48.5 Å². The summed E-state index contributed by atoms with van der Waals surface area (Å²) in [5, 5.41) is 13.1. The second-order valence-corrected chi connectivity index (χ2v) is 6.35. The fraction of sp³-hybridized carbons (Fsp3) is 0.211. The number of nitrogens with zero attached hydrogens (tertiary/aromatic N) is 2. The lowest BCUT2D eigenvalue weighted by molar-refractivity contribution is 0.0770. The molecule has 1 aromatic heterocycles. The summed E-state index contributed by atoms with van der Waals surface area (Å²) < 4.78 is 0. The first-order chi connectivity index (χ1) is 11.9. The molecule has 0 aliphatic heterocycles. The largest absolute Gasteiger partial charge is 0.386 e. The number of nitrogens with one attached hydrogen (secondary N) is 1. The first-order valence-corrected chi connectivity index (χ1v) is 7.97. The Balaban J connectivity index is 1.83. The highest BCUT2D eigenvalue weighted by molar-refractivity contribution is 5.98. The lowest BCUT2D eigenvalue weighted by atomic mass is 9.93. The summed E-state index contributed by atoms with van der Waals surface area (Å²) in [6, 6.07) is 14.7. The van der Waals surface area contributed by atoms with Crippen LogP contribution in [0.4, 0.5) is 5.82 Å². The van der Waals surface area contributed by atoms with Crippen molar-refractivity contribution >= 4 is 22.8 Å².